The van der Waals surface area contributed by atoms with Crippen molar-refractivity contribution in [3.05, 3.63) is 54.2 Å². The molecule has 0 unspecified atom stereocenters. The lowest BCUT2D eigenvalue weighted by molar-refractivity contribution is 0.0980. The molecule has 0 spiro atoms. The van der Waals surface area contributed by atoms with Crippen LogP contribution in [0.1, 0.15) is 36.5 Å². The molecule has 106 valence electrons. The molecule has 0 radical (unpaired) electrons. The Balaban J connectivity index is 1.93. The molecule has 0 amide bonds. The van der Waals surface area contributed by atoms with Crippen LogP contribution in [0.2, 0.25) is 0 Å². The number of H-pyrrole nitrogens is 1. The van der Waals surface area contributed by atoms with Crippen LogP contribution in [0.15, 0.2) is 48.7 Å². The van der Waals surface area contributed by atoms with Gasteiger partial charge in [0.25, 0.3) is 0 Å². The summed E-state index contributed by atoms with van der Waals surface area (Å²) in [5.41, 5.74) is 4.00. The number of carbonyl (C=O) groups excluding carboxylic acids is 1. The van der Waals surface area contributed by atoms with E-state index in [0.29, 0.717) is 6.42 Å². The molecule has 0 fully saturated rings. The van der Waals surface area contributed by atoms with Crippen LogP contribution in [-0.4, -0.2) is 16.0 Å². The molecule has 0 saturated carbocycles. The Morgan fingerprint density at radius 2 is 2.00 bits per heavy atom. The van der Waals surface area contributed by atoms with Crippen LogP contribution in [0.4, 0.5) is 0 Å². The second kappa shape index (κ2) is 5.92. The number of carbonyl (C=O) groups is 1. The summed E-state index contributed by atoms with van der Waals surface area (Å²) in [5.74, 6) is 0.225. The predicted octanol–water partition coefficient (Wildman–Crippen LogP) is 4.60. The Kier molecular flexibility index (Phi) is 3.82. The maximum absolute atomic E-state index is 12.1. The van der Waals surface area contributed by atoms with Gasteiger partial charge in [-0.1, -0.05) is 37.6 Å². The van der Waals surface area contributed by atoms with Crippen LogP contribution in [-0.2, 0) is 0 Å². The van der Waals surface area contributed by atoms with E-state index in [4.69, 9.17) is 0 Å². The van der Waals surface area contributed by atoms with Crippen molar-refractivity contribution in [3.8, 4) is 11.1 Å². The van der Waals surface area contributed by atoms with Gasteiger partial charge in [0.1, 0.15) is 0 Å². The van der Waals surface area contributed by atoms with Crippen LogP contribution < -0.4 is 0 Å². The molecular formula is C18H18N2O. The summed E-state index contributed by atoms with van der Waals surface area (Å²) in [4.78, 5) is 12.1. The quantitative estimate of drug-likeness (QED) is 0.693. The number of ketones is 1. The Labute approximate surface area is 124 Å². The van der Waals surface area contributed by atoms with Crippen molar-refractivity contribution in [1.29, 1.82) is 0 Å². The lowest BCUT2D eigenvalue weighted by Crippen LogP contribution is -1.98. The first-order valence-electron chi connectivity index (χ1n) is 7.34. The van der Waals surface area contributed by atoms with E-state index in [1.54, 1.807) is 0 Å². The third-order valence-corrected chi connectivity index (χ3v) is 3.72. The third kappa shape index (κ3) is 2.87. The average molecular weight is 278 g/mol. The van der Waals surface area contributed by atoms with Crippen LogP contribution in [0, 0.1) is 0 Å². The van der Waals surface area contributed by atoms with Gasteiger partial charge in [0, 0.05) is 17.4 Å². The summed E-state index contributed by atoms with van der Waals surface area (Å²) < 4.78 is 0. The van der Waals surface area contributed by atoms with Crippen LogP contribution in [0.3, 0.4) is 0 Å². The van der Waals surface area contributed by atoms with Crippen molar-refractivity contribution in [2.75, 3.05) is 0 Å². The average Bonchev–Trinajstić information content (AvgIpc) is 3.00. The first-order chi connectivity index (χ1) is 10.3. The van der Waals surface area contributed by atoms with Crippen LogP contribution >= 0.6 is 0 Å². The highest BCUT2D eigenvalue weighted by Crippen LogP contribution is 2.24. The van der Waals surface area contributed by atoms with Gasteiger partial charge in [0.15, 0.2) is 5.78 Å². The lowest BCUT2D eigenvalue weighted by atomic mass is 9.99. The van der Waals surface area contributed by atoms with Gasteiger partial charge in [0.2, 0.25) is 0 Å². The van der Waals surface area contributed by atoms with Gasteiger partial charge in [-0.2, -0.15) is 5.10 Å². The topological polar surface area (TPSA) is 45.8 Å². The zero-order valence-corrected chi connectivity index (χ0v) is 12.1. The second-order valence-corrected chi connectivity index (χ2v) is 5.28. The number of nitrogens with zero attached hydrogens (tertiary/aromatic N) is 1. The summed E-state index contributed by atoms with van der Waals surface area (Å²) >= 11 is 0. The van der Waals surface area contributed by atoms with E-state index < -0.39 is 0 Å². The molecule has 0 aliphatic carbocycles. The van der Waals surface area contributed by atoms with Gasteiger partial charge in [-0.05, 0) is 35.7 Å². The minimum Gasteiger partial charge on any atom is -0.294 e. The molecule has 3 aromatic rings. The molecule has 3 heteroatoms. The SMILES string of the molecule is CCCCC(=O)c1cccc(-c2ccc3[nH]ncc3c2)c1. The van der Waals surface area contributed by atoms with Crippen molar-refractivity contribution >= 4 is 16.7 Å². The predicted molar refractivity (Wildman–Crippen MR) is 85.4 cm³/mol. The molecule has 0 aliphatic rings. The molecule has 1 aromatic heterocycles. The van der Waals surface area contributed by atoms with Gasteiger partial charge in [-0.3, -0.25) is 9.89 Å². The van der Waals surface area contributed by atoms with E-state index in [0.717, 1.165) is 40.4 Å². The molecule has 3 rings (SSSR count). The summed E-state index contributed by atoms with van der Waals surface area (Å²) in [5, 5.41) is 8.06. The van der Waals surface area contributed by atoms with Crippen LogP contribution in [0.5, 0.6) is 0 Å². The fraction of sp³-hybridized carbons (Fsp3) is 0.222. The third-order valence-electron chi connectivity index (χ3n) is 3.72. The summed E-state index contributed by atoms with van der Waals surface area (Å²) in [6, 6.07) is 14.0. The highest BCUT2D eigenvalue weighted by atomic mass is 16.1. The number of rotatable bonds is 5. The van der Waals surface area contributed by atoms with Crippen molar-refractivity contribution in [3.63, 3.8) is 0 Å². The molecule has 0 atom stereocenters. The molecule has 0 saturated heterocycles. The maximum Gasteiger partial charge on any atom is 0.162 e. The molecule has 1 heterocycles. The van der Waals surface area contributed by atoms with Gasteiger partial charge >= 0.3 is 0 Å². The number of aromatic amines is 1. The fourth-order valence-corrected chi connectivity index (χ4v) is 2.48. The van der Waals surface area contributed by atoms with Crippen molar-refractivity contribution in [2.45, 2.75) is 26.2 Å². The number of fused-ring (bicyclic) bond motifs is 1. The molecule has 2 aromatic carbocycles. The normalized spacial score (nSPS) is 10.9. The number of hydrogen-bond acceptors (Lipinski definition) is 2. The van der Waals surface area contributed by atoms with Gasteiger partial charge in [0.05, 0.1) is 11.7 Å². The first kappa shape index (κ1) is 13.6. The highest BCUT2D eigenvalue weighted by Gasteiger charge is 2.07. The van der Waals surface area contributed by atoms with Gasteiger partial charge < -0.3 is 0 Å². The number of benzene rings is 2. The Morgan fingerprint density at radius 1 is 1.14 bits per heavy atom. The smallest absolute Gasteiger partial charge is 0.162 e. The van der Waals surface area contributed by atoms with E-state index >= 15 is 0 Å². The summed E-state index contributed by atoms with van der Waals surface area (Å²) in [7, 11) is 0. The first-order valence-corrected chi connectivity index (χ1v) is 7.34. The molecule has 1 N–H and O–H groups in total. The summed E-state index contributed by atoms with van der Waals surface area (Å²) in [6.45, 7) is 2.10. The van der Waals surface area contributed by atoms with Crippen molar-refractivity contribution in [2.24, 2.45) is 0 Å². The van der Waals surface area contributed by atoms with Crippen molar-refractivity contribution < 1.29 is 4.79 Å². The molecular weight excluding hydrogens is 260 g/mol. The number of aromatic nitrogens is 2. The number of hydrogen-bond donors (Lipinski definition) is 1. The van der Waals surface area contributed by atoms with E-state index in [-0.39, 0.29) is 5.78 Å². The molecule has 0 bridgehead atoms. The zero-order valence-electron chi connectivity index (χ0n) is 12.1. The Hall–Kier alpha value is -2.42. The monoisotopic (exact) mass is 278 g/mol. The number of nitrogens with one attached hydrogen (secondary N) is 1. The fourth-order valence-electron chi connectivity index (χ4n) is 2.48. The number of Topliss-reactive ketones (excluding diaryl/α,β-unsaturated/α-hetero) is 1. The van der Waals surface area contributed by atoms with E-state index in [2.05, 4.69) is 29.3 Å². The Morgan fingerprint density at radius 3 is 2.86 bits per heavy atom. The number of unbranched alkanes of at least 4 members (excludes halogenated alkanes) is 1. The molecule has 0 aliphatic heterocycles. The standard InChI is InChI=1S/C18H18N2O/c1-2-3-7-18(21)15-6-4-5-13(10-15)14-8-9-17-16(11-14)12-19-20-17/h4-6,8-12H,2-3,7H2,1H3,(H,19,20). The largest absolute Gasteiger partial charge is 0.294 e. The van der Waals surface area contributed by atoms with Crippen molar-refractivity contribution in [1.82, 2.24) is 10.2 Å². The maximum atomic E-state index is 12.1. The van der Waals surface area contributed by atoms with E-state index in [1.807, 2.05) is 36.5 Å². The van der Waals surface area contributed by atoms with Crippen LogP contribution in [0.25, 0.3) is 22.0 Å². The van der Waals surface area contributed by atoms with Gasteiger partial charge in [-0.15, -0.1) is 0 Å². The molecule has 21 heavy (non-hydrogen) atoms. The van der Waals surface area contributed by atoms with E-state index in [1.165, 1.54) is 0 Å². The second-order valence-electron chi connectivity index (χ2n) is 5.28. The zero-order chi connectivity index (χ0) is 14.7. The minimum absolute atomic E-state index is 0.225. The highest BCUT2D eigenvalue weighted by molar-refractivity contribution is 5.97. The Bertz CT molecular complexity index is 773. The van der Waals surface area contributed by atoms with E-state index in [9.17, 15) is 4.79 Å². The molecule has 3 nitrogen and oxygen atoms in total. The lowest BCUT2D eigenvalue weighted by Gasteiger charge is -2.05. The minimum atomic E-state index is 0.225. The van der Waals surface area contributed by atoms with Gasteiger partial charge in [-0.25, -0.2) is 0 Å². The summed E-state index contributed by atoms with van der Waals surface area (Å²) in [6.07, 6.45) is 4.43.